The van der Waals surface area contributed by atoms with Gasteiger partial charge in [0.2, 0.25) is 0 Å². The second kappa shape index (κ2) is 5.20. The van der Waals surface area contributed by atoms with E-state index < -0.39 is 5.97 Å². The molecule has 0 unspecified atom stereocenters. The van der Waals surface area contributed by atoms with Gasteiger partial charge < -0.3 is 9.90 Å². The molecular weight excluding hydrogens is 268 g/mol. The number of aromatic nitrogens is 2. The molecule has 0 bridgehead atoms. The summed E-state index contributed by atoms with van der Waals surface area (Å²) in [6.07, 6.45) is 0. The number of hydrogen-bond donors (Lipinski definition) is 0. The van der Waals surface area contributed by atoms with E-state index in [1.165, 1.54) is 0 Å². The molecule has 0 aliphatic carbocycles. The van der Waals surface area contributed by atoms with Crippen LogP contribution in [-0.2, 0) is 6.54 Å². The van der Waals surface area contributed by atoms with Crippen LogP contribution in [0.3, 0.4) is 0 Å². The van der Waals surface area contributed by atoms with Crippen molar-refractivity contribution >= 4 is 16.7 Å². The fourth-order valence-corrected chi connectivity index (χ4v) is 2.25. The number of hydrogen-bond acceptors (Lipinski definition) is 4. The fourth-order valence-electron chi connectivity index (χ4n) is 2.25. The summed E-state index contributed by atoms with van der Waals surface area (Å²) in [5.74, 6) is -1.40. The summed E-state index contributed by atoms with van der Waals surface area (Å²) >= 11 is 0. The van der Waals surface area contributed by atoms with Crippen molar-refractivity contribution < 1.29 is 9.90 Å². The molecule has 0 fully saturated rings. The Hall–Kier alpha value is -2.95. The number of benzene rings is 2. The molecule has 2 aromatic carbocycles. The predicted octanol–water partition coefficient (Wildman–Crippen LogP) is 0.808. The number of nitrogens with zero attached hydrogens (tertiary/aromatic N) is 2. The quantitative estimate of drug-likeness (QED) is 0.711. The highest BCUT2D eigenvalue weighted by molar-refractivity contribution is 6.00. The van der Waals surface area contributed by atoms with Gasteiger partial charge in [0.1, 0.15) is 5.69 Å². The SMILES string of the molecule is O=C([O-])c1nn(Cc2ccccc2)c(=O)c2ccccc12. The molecule has 0 aliphatic rings. The third-order valence-electron chi connectivity index (χ3n) is 3.24. The Morgan fingerprint density at radius 1 is 1.00 bits per heavy atom. The number of carboxylic acids is 1. The highest BCUT2D eigenvalue weighted by Gasteiger charge is 2.11. The second-order valence-corrected chi connectivity index (χ2v) is 4.63. The van der Waals surface area contributed by atoms with Crippen LogP contribution in [0.2, 0.25) is 0 Å². The molecule has 3 rings (SSSR count). The van der Waals surface area contributed by atoms with Crippen LogP contribution < -0.4 is 10.7 Å². The van der Waals surface area contributed by atoms with Crippen molar-refractivity contribution in [3.63, 3.8) is 0 Å². The van der Waals surface area contributed by atoms with Crippen molar-refractivity contribution in [2.45, 2.75) is 6.54 Å². The molecule has 5 heteroatoms. The minimum absolute atomic E-state index is 0.213. The lowest BCUT2D eigenvalue weighted by atomic mass is 10.1. The number of carbonyl (C=O) groups excluding carboxylic acids is 1. The van der Waals surface area contributed by atoms with Gasteiger partial charge in [-0.15, -0.1) is 0 Å². The summed E-state index contributed by atoms with van der Waals surface area (Å²) < 4.78 is 1.16. The molecular formula is C16H11N2O3-. The molecule has 0 atom stereocenters. The average Bonchev–Trinajstić information content (AvgIpc) is 2.51. The van der Waals surface area contributed by atoms with E-state index in [0.717, 1.165) is 10.2 Å². The van der Waals surface area contributed by atoms with Crippen LogP contribution in [0.1, 0.15) is 16.1 Å². The van der Waals surface area contributed by atoms with Gasteiger partial charge in [0.15, 0.2) is 0 Å². The number of fused-ring (bicyclic) bond motifs is 1. The summed E-state index contributed by atoms with van der Waals surface area (Å²) in [5.41, 5.74) is 0.326. The summed E-state index contributed by atoms with van der Waals surface area (Å²) in [7, 11) is 0. The van der Waals surface area contributed by atoms with Crippen molar-refractivity contribution in [1.29, 1.82) is 0 Å². The zero-order valence-electron chi connectivity index (χ0n) is 11.0. The lowest BCUT2D eigenvalue weighted by Gasteiger charge is -2.11. The first-order valence-corrected chi connectivity index (χ1v) is 6.42. The van der Waals surface area contributed by atoms with Crippen LogP contribution in [0.15, 0.2) is 59.4 Å². The van der Waals surface area contributed by atoms with Gasteiger partial charge >= 0.3 is 0 Å². The van der Waals surface area contributed by atoms with E-state index in [-0.39, 0.29) is 17.8 Å². The predicted molar refractivity (Wildman–Crippen MR) is 75.9 cm³/mol. The van der Waals surface area contributed by atoms with Crippen LogP contribution >= 0.6 is 0 Å². The maximum Gasteiger partial charge on any atom is 0.274 e. The molecule has 3 aromatic rings. The van der Waals surface area contributed by atoms with Gasteiger partial charge in [-0.1, -0.05) is 48.5 Å². The van der Waals surface area contributed by atoms with Crippen molar-refractivity contribution in [3.05, 3.63) is 76.2 Å². The van der Waals surface area contributed by atoms with Crippen LogP contribution in [-0.4, -0.2) is 15.7 Å². The van der Waals surface area contributed by atoms with E-state index in [2.05, 4.69) is 5.10 Å². The molecule has 0 radical (unpaired) electrons. The van der Waals surface area contributed by atoms with Crippen molar-refractivity contribution in [1.82, 2.24) is 9.78 Å². The molecule has 0 saturated carbocycles. The zero-order chi connectivity index (χ0) is 14.8. The molecule has 1 aromatic heterocycles. The maximum atomic E-state index is 12.4. The Morgan fingerprint density at radius 2 is 1.62 bits per heavy atom. The van der Waals surface area contributed by atoms with E-state index in [4.69, 9.17) is 0 Å². The van der Waals surface area contributed by atoms with Gasteiger partial charge in [-0.25, -0.2) is 4.68 Å². The first kappa shape index (κ1) is 13.1. The highest BCUT2D eigenvalue weighted by Crippen LogP contribution is 2.13. The number of carbonyl (C=O) groups is 1. The van der Waals surface area contributed by atoms with Crippen LogP contribution in [0.25, 0.3) is 10.8 Å². The first-order valence-electron chi connectivity index (χ1n) is 6.42. The van der Waals surface area contributed by atoms with Crippen LogP contribution in [0, 0.1) is 0 Å². The molecule has 0 spiro atoms. The molecule has 104 valence electrons. The molecule has 0 saturated heterocycles. The van der Waals surface area contributed by atoms with Gasteiger partial charge in [-0.05, 0) is 11.6 Å². The van der Waals surface area contributed by atoms with Gasteiger partial charge in [-0.2, -0.15) is 5.10 Å². The summed E-state index contributed by atoms with van der Waals surface area (Å²) in [6, 6.07) is 15.8. The Kier molecular flexibility index (Phi) is 3.23. The van der Waals surface area contributed by atoms with Gasteiger partial charge in [0.25, 0.3) is 5.56 Å². The Morgan fingerprint density at radius 3 is 2.29 bits per heavy atom. The van der Waals surface area contributed by atoms with Gasteiger partial charge in [-0.3, -0.25) is 4.79 Å². The molecule has 1 heterocycles. The maximum absolute atomic E-state index is 12.4. The van der Waals surface area contributed by atoms with E-state index in [0.29, 0.717) is 10.8 Å². The minimum atomic E-state index is -1.40. The highest BCUT2D eigenvalue weighted by atomic mass is 16.4. The standard InChI is InChI=1S/C16H12N2O3/c19-15-13-9-5-4-8-12(13)14(16(20)21)17-18(15)10-11-6-2-1-3-7-11/h1-9H,10H2,(H,20,21)/p-1. The lowest BCUT2D eigenvalue weighted by Crippen LogP contribution is -2.31. The van der Waals surface area contributed by atoms with E-state index in [1.54, 1.807) is 24.3 Å². The average molecular weight is 279 g/mol. The third-order valence-corrected chi connectivity index (χ3v) is 3.24. The molecule has 0 aliphatic heterocycles. The van der Waals surface area contributed by atoms with Crippen molar-refractivity contribution in [2.24, 2.45) is 0 Å². The van der Waals surface area contributed by atoms with E-state index in [1.807, 2.05) is 30.3 Å². The lowest BCUT2D eigenvalue weighted by molar-refractivity contribution is -0.255. The smallest absolute Gasteiger partial charge is 0.274 e. The topological polar surface area (TPSA) is 75.0 Å². The monoisotopic (exact) mass is 279 g/mol. The summed E-state index contributed by atoms with van der Waals surface area (Å²) in [6.45, 7) is 0.213. The number of rotatable bonds is 3. The van der Waals surface area contributed by atoms with Crippen LogP contribution in [0.4, 0.5) is 0 Å². The third kappa shape index (κ3) is 2.41. The van der Waals surface area contributed by atoms with Gasteiger partial charge in [0.05, 0.1) is 17.9 Å². The zero-order valence-corrected chi connectivity index (χ0v) is 11.0. The number of aromatic carboxylic acids is 1. The number of carboxylic acid groups (broad SMARTS) is 1. The van der Waals surface area contributed by atoms with Crippen molar-refractivity contribution in [3.8, 4) is 0 Å². The minimum Gasteiger partial charge on any atom is -0.543 e. The summed E-state index contributed by atoms with van der Waals surface area (Å²) in [4.78, 5) is 23.6. The van der Waals surface area contributed by atoms with Gasteiger partial charge in [0, 0.05) is 5.39 Å². The van der Waals surface area contributed by atoms with Crippen LogP contribution in [0.5, 0.6) is 0 Å². The normalized spacial score (nSPS) is 10.7. The van der Waals surface area contributed by atoms with E-state index in [9.17, 15) is 14.7 Å². The Balaban J connectivity index is 2.22. The molecule has 0 N–H and O–H groups in total. The first-order chi connectivity index (χ1) is 10.2. The molecule has 0 amide bonds. The fraction of sp³-hybridized carbons (Fsp3) is 0.0625. The largest absolute Gasteiger partial charge is 0.543 e. The molecule has 21 heavy (non-hydrogen) atoms. The van der Waals surface area contributed by atoms with E-state index >= 15 is 0 Å². The second-order valence-electron chi connectivity index (χ2n) is 4.63. The molecule has 5 nitrogen and oxygen atoms in total. The Labute approximate surface area is 120 Å². The van der Waals surface area contributed by atoms with Crippen molar-refractivity contribution in [2.75, 3.05) is 0 Å². The summed E-state index contributed by atoms with van der Waals surface area (Å²) in [5, 5.41) is 15.8. The Bertz CT molecular complexity index is 870.